The monoisotopic (exact) mass is 225 g/mol. The van der Waals surface area contributed by atoms with E-state index in [0.29, 0.717) is 24.4 Å². The van der Waals surface area contributed by atoms with Crippen molar-refractivity contribution in [3.8, 4) is 0 Å². The number of piperidine rings is 1. The molecule has 0 spiro atoms. The predicted octanol–water partition coefficient (Wildman–Crippen LogP) is 0.454. The second-order valence-corrected chi connectivity index (χ2v) is 5.31. The van der Waals surface area contributed by atoms with Crippen LogP contribution in [0.4, 0.5) is 0 Å². The number of carbonyl (C=O) groups excluding carboxylic acids is 1. The Hall–Kier alpha value is -0.610. The summed E-state index contributed by atoms with van der Waals surface area (Å²) in [6, 6.07) is 0.960. The van der Waals surface area contributed by atoms with Gasteiger partial charge >= 0.3 is 0 Å². The van der Waals surface area contributed by atoms with E-state index in [1.807, 2.05) is 0 Å². The Kier molecular flexibility index (Phi) is 3.82. The van der Waals surface area contributed by atoms with E-state index in [2.05, 4.69) is 4.90 Å². The molecule has 0 radical (unpaired) electrons. The highest BCUT2D eigenvalue weighted by Crippen LogP contribution is 2.28. The van der Waals surface area contributed by atoms with Crippen LogP contribution in [-0.4, -0.2) is 36.0 Å². The van der Waals surface area contributed by atoms with Gasteiger partial charge in [-0.05, 0) is 44.7 Å². The highest BCUT2D eigenvalue weighted by molar-refractivity contribution is 5.73. The summed E-state index contributed by atoms with van der Waals surface area (Å²) in [5.41, 5.74) is 11.3. The first-order valence-electron chi connectivity index (χ1n) is 6.44. The van der Waals surface area contributed by atoms with E-state index in [1.54, 1.807) is 0 Å². The van der Waals surface area contributed by atoms with Crippen LogP contribution in [0.1, 0.15) is 38.5 Å². The molecule has 1 amide bonds. The molecular formula is C12H23N3O. The van der Waals surface area contributed by atoms with Crippen molar-refractivity contribution in [3.05, 3.63) is 0 Å². The van der Waals surface area contributed by atoms with E-state index in [4.69, 9.17) is 11.5 Å². The molecule has 4 heteroatoms. The summed E-state index contributed by atoms with van der Waals surface area (Å²) in [5, 5.41) is 0. The number of amides is 1. The first kappa shape index (κ1) is 11.9. The third-order valence-electron chi connectivity index (χ3n) is 4.14. The molecular weight excluding hydrogens is 202 g/mol. The summed E-state index contributed by atoms with van der Waals surface area (Å²) < 4.78 is 0. The zero-order chi connectivity index (χ0) is 11.5. The number of likely N-dealkylation sites (tertiary alicyclic amines) is 1. The largest absolute Gasteiger partial charge is 0.370 e. The highest BCUT2D eigenvalue weighted by atomic mass is 16.1. The second-order valence-electron chi connectivity index (χ2n) is 5.31. The second kappa shape index (κ2) is 5.15. The van der Waals surface area contributed by atoms with Crippen molar-refractivity contribution < 1.29 is 4.79 Å². The van der Waals surface area contributed by atoms with E-state index in [9.17, 15) is 4.79 Å². The van der Waals surface area contributed by atoms with Crippen LogP contribution >= 0.6 is 0 Å². The van der Waals surface area contributed by atoms with E-state index >= 15 is 0 Å². The van der Waals surface area contributed by atoms with Gasteiger partial charge in [0.05, 0.1) is 0 Å². The molecule has 1 aliphatic heterocycles. The lowest BCUT2D eigenvalue weighted by atomic mass is 9.92. The van der Waals surface area contributed by atoms with Crippen molar-refractivity contribution in [2.45, 2.75) is 50.6 Å². The number of nitrogens with two attached hydrogens (primary N) is 2. The Bertz CT molecular complexity index is 249. The van der Waals surface area contributed by atoms with Crippen LogP contribution in [0.15, 0.2) is 0 Å². The summed E-state index contributed by atoms with van der Waals surface area (Å²) in [6.45, 7) is 2.19. The average Bonchev–Trinajstić information content (AvgIpc) is 2.65. The average molecular weight is 225 g/mol. The Labute approximate surface area is 97.3 Å². The van der Waals surface area contributed by atoms with E-state index in [1.165, 1.54) is 19.3 Å². The van der Waals surface area contributed by atoms with Crippen molar-refractivity contribution in [1.29, 1.82) is 0 Å². The molecule has 4 N–H and O–H groups in total. The molecule has 2 fully saturated rings. The number of hydrogen-bond acceptors (Lipinski definition) is 3. The fourth-order valence-corrected chi connectivity index (χ4v) is 3.20. The molecule has 2 aliphatic rings. The lowest BCUT2D eigenvalue weighted by Gasteiger charge is -2.37. The molecule has 92 valence electrons. The molecule has 0 aromatic rings. The van der Waals surface area contributed by atoms with Gasteiger partial charge in [0, 0.05) is 18.5 Å². The van der Waals surface area contributed by atoms with Gasteiger partial charge in [0.2, 0.25) is 5.91 Å². The van der Waals surface area contributed by atoms with Crippen LogP contribution < -0.4 is 11.5 Å². The van der Waals surface area contributed by atoms with Gasteiger partial charge in [0.25, 0.3) is 0 Å². The van der Waals surface area contributed by atoms with E-state index < -0.39 is 0 Å². The molecule has 0 aromatic heterocycles. The molecule has 2 rings (SSSR count). The summed E-state index contributed by atoms with van der Waals surface area (Å²) in [4.78, 5) is 13.4. The maximum Gasteiger partial charge on any atom is 0.217 e. The van der Waals surface area contributed by atoms with Crippen molar-refractivity contribution in [3.63, 3.8) is 0 Å². The van der Waals surface area contributed by atoms with Gasteiger partial charge < -0.3 is 11.5 Å². The quantitative estimate of drug-likeness (QED) is 0.732. The van der Waals surface area contributed by atoms with Gasteiger partial charge in [0.1, 0.15) is 0 Å². The zero-order valence-corrected chi connectivity index (χ0v) is 9.90. The fourth-order valence-electron chi connectivity index (χ4n) is 3.20. The van der Waals surface area contributed by atoms with Crippen molar-refractivity contribution in [1.82, 2.24) is 4.90 Å². The fraction of sp³-hybridized carbons (Fsp3) is 0.917. The molecule has 2 unspecified atom stereocenters. The molecule has 1 aliphatic carbocycles. The van der Waals surface area contributed by atoms with Crippen molar-refractivity contribution in [2.24, 2.45) is 17.4 Å². The Balaban J connectivity index is 1.78. The van der Waals surface area contributed by atoms with Gasteiger partial charge in [-0.1, -0.05) is 6.42 Å². The third kappa shape index (κ3) is 2.74. The lowest BCUT2D eigenvalue weighted by molar-refractivity contribution is -0.119. The van der Waals surface area contributed by atoms with Crippen molar-refractivity contribution >= 4 is 5.91 Å². The topological polar surface area (TPSA) is 72.4 Å². The van der Waals surface area contributed by atoms with Crippen LogP contribution in [0.5, 0.6) is 0 Å². The standard InChI is InChI=1S/C12H23N3O/c13-10-2-1-3-11(10)15-6-4-9(5-7-15)8-12(14)16/h9-11H,1-8,13H2,(H2,14,16). The van der Waals surface area contributed by atoms with Crippen LogP contribution in [-0.2, 0) is 4.79 Å². The molecule has 1 saturated carbocycles. The lowest BCUT2D eigenvalue weighted by Crippen LogP contribution is -2.48. The zero-order valence-electron chi connectivity index (χ0n) is 9.90. The summed E-state index contributed by atoms with van der Waals surface area (Å²) >= 11 is 0. The maximum atomic E-state index is 10.8. The first-order chi connectivity index (χ1) is 7.66. The summed E-state index contributed by atoms with van der Waals surface area (Å²) in [5.74, 6) is 0.349. The van der Waals surface area contributed by atoms with E-state index in [-0.39, 0.29) is 5.91 Å². The van der Waals surface area contributed by atoms with Crippen LogP contribution in [0, 0.1) is 5.92 Å². The van der Waals surface area contributed by atoms with Crippen LogP contribution in [0.25, 0.3) is 0 Å². The predicted molar refractivity (Wildman–Crippen MR) is 63.7 cm³/mol. The number of carbonyl (C=O) groups is 1. The van der Waals surface area contributed by atoms with Gasteiger partial charge in [-0.25, -0.2) is 0 Å². The normalized spacial score (nSPS) is 33.1. The molecule has 0 bridgehead atoms. The summed E-state index contributed by atoms with van der Waals surface area (Å²) in [7, 11) is 0. The Morgan fingerprint density at radius 3 is 2.38 bits per heavy atom. The van der Waals surface area contributed by atoms with Gasteiger partial charge in [-0.2, -0.15) is 0 Å². The molecule has 0 aromatic carbocycles. The number of primary amides is 1. The van der Waals surface area contributed by atoms with E-state index in [0.717, 1.165) is 25.9 Å². The SMILES string of the molecule is NC(=O)CC1CCN(C2CCCC2N)CC1. The third-order valence-corrected chi connectivity index (χ3v) is 4.14. The molecule has 4 nitrogen and oxygen atoms in total. The van der Waals surface area contributed by atoms with Gasteiger partial charge in [-0.3, -0.25) is 9.69 Å². The maximum absolute atomic E-state index is 10.8. The first-order valence-corrected chi connectivity index (χ1v) is 6.44. The Morgan fingerprint density at radius 2 is 1.88 bits per heavy atom. The van der Waals surface area contributed by atoms with Crippen LogP contribution in [0.3, 0.4) is 0 Å². The number of rotatable bonds is 3. The molecule has 2 atom stereocenters. The number of nitrogens with zero attached hydrogens (tertiary/aromatic N) is 1. The minimum absolute atomic E-state index is 0.156. The molecule has 1 heterocycles. The minimum atomic E-state index is -0.156. The molecule has 16 heavy (non-hydrogen) atoms. The smallest absolute Gasteiger partial charge is 0.217 e. The minimum Gasteiger partial charge on any atom is -0.370 e. The van der Waals surface area contributed by atoms with Gasteiger partial charge in [0.15, 0.2) is 0 Å². The Morgan fingerprint density at radius 1 is 1.19 bits per heavy atom. The van der Waals surface area contributed by atoms with Crippen LogP contribution in [0.2, 0.25) is 0 Å². The highest BCUT2D eigenvalue weighted by Gasteiger charge is 2.32. The number of hydrogen-bond donors (Lipinski definition) is 2. The van der Waals surface area contributed by atoms with Gasteiger partial charge in [-0.15, -0.1) is 0 Å². The summed E-state index contributed by atoms with van der Waals surface area (Å²) in [6.07, 6.45) is 6.46. The van der Waals surface area contributed by atoms with Crippen molar-refractivity contribution in [2.75, 3.05) is 13.1 Å². The molecule has 1 saturated heterocycles.